The van der Waals surface area contributed by atoms with Crippen LogP contribution in [-0.4, -0.2) is 22.7 Å². The van der Waals surface area contributed by atoms with Crippen molar-refractivity contribution < 1.29 is 14.6 Å². The second kappa shape index (κ2) is 5.93. The van der Waals surface area contributed by atoms with E-state index in [1.807, 2.05) is 55.5 Å². The summed E-state index contributed by atoms with van der Waals surface area (Å²) in [5.74, 6) is -0.0971. The third kappa shape index (κ3) is 2.68. The molecule has 4 heteroatoms. The predicted molar refractivity (Wildman–Crippen MR) is 86.2 cm³/mol. The highest BCUT2D eigenvalue weighted by atomic mass is 16.5. The van der Waals surface area contributed by atoms with Crippen LogP contribution in [0.2, 0.25) is 0 Å². The zero-order valence-electron chi connectivity index (χ0n) is 12.3. The molecule has 112 valence electrons. The lowest BCUT2D eigenvalue weighted by atomic mass is 10.0. The van der Waals surface area contributed by atoms with Crippen molar-refractivity contribution in [2.45, 2.75) is 13.3 Å². The van der Waals surface area contributed by atoms with Crippen LogP contribution in [-0.2, 0) is 11.2 Å². The molecule has 0 fully saturated rings. The lowest BCUT2D eigenvalue weighted by Crippen LogP contribution is -2.01. The number of benzene rings is 2. The fraction of sp³-hybridized carbons (Fsp3) is 0.167. The van der Waals surface area contributed by atoms with Gasteiger partial charge in [0.25, 0.3) is 0 Å². The first-order valence-corrected chi connectivity index (χ1v) is 7.23. The number of hydrogen-bond donors (Lipinski definition) is 2. The average molecular weight is 295 g/mol. The van der Waals surface area contributed by atoms with E-state index < -0.39 is 5.97 Å². The van der Waals surface area contributed by atoms with E-state index in [0.717, 1.165) is 33.5 Å². The molecule has 0 aliphatic carbocycles. The van der Waals surface area contributed by atoms with E-state index in [4.69, 9.17) is 4.74 Å². The molecule has 0 amide bonds. The van der Waals surface area contributed by atoms with E-state index in [1.165, 1.54) is 0 Å². The Morgan fingerprint density at radius 1 is 1.18 bits per heavy atom. The summed E-state index contributed by atoms with van der Waals surface area (Å²) in [6.07, 6.45) is -0.0280. The summed E-state index contributed by atoms with van der Waals surface area (Å²) >= 11 is 0. The highest BCUT2D eigenvalue weighted by molar-refractivity contribution is 5.94. The Bertz CT molecular complexity index is 806. The summed E-state index contributed by atoms with van der Waals surface area (Å²) in [6, 6.07) is 15.5. The van der Waals surface area contributed by atoms with Crippen LogP contribution < -0.4 is 4.74 Å². The molecule has 2 aromatic carbocycles. The number of aromatic nitrogens is 1. The van der Waals surface area contributed by atoms with E-state index in [2.05, 4.69) is 4.98 Å². The summed E-state index contributed by atoms with van der Waals surface area (Å²) in [7, 11) is 0. The third-order valence-corrected chi connectivity index (χ3v) is 3.58. The highest BCUT2D eigenvalue weighted by Crippen LogP contribution is 2.32. The number of aromatic amines is 1. The minimum atomic E-state index is -0.847. The Kier molecular flexibility index (Phi) is 3.83. The van der Waals surface area contributed by atoms with Crippen molar-refractivity contribution in [3.05, 3.63) is 54.1 Å². The van der Waals surface area contributed by atoms with Gasteiger partial charge in [0.1, 0.15) is 5.75 Å². The molecule has 1 heterocycles. The Hall–Kier alpha value is -2.75. The maximum absolute atomic E-state index is 11.3. The van der Waals surface area contributed by atoms with Crippen LogP contribution in [0.1, 0.15) is 12.5 Å². The van der Waals surface area contributed by atoms with Gasteiger partial charge in [0.2, 0.25) is 0 Å². The average Bonchev–Trinajstić information content (AvgIpc) is 2.86. The molecule has 0 aliphatic heterocycles. The van der Waals surface area contributed by atoms with Crippen LogP contribution in [0.25, 0.3) is 22.2 Å². The molecule has 0 saturated heterocycles. The number of nitrogens with one attached hydrogen (secondary N) is 1. The molecule has 3 rings (SSSR count). The summed E-state index contributed by atoms with van der Waals surface area (Å²) in [5, 5.41) is 10.1. The lowest BCUT2D eigenvalue weighted by molar-refractivity contribution is -0.136. The van der Waals surface area contributed by atoms with Crippen LogP contribution in [0.15, 0.2) is 48.5 Å². The molecule has 0 saturated carbocycles. The smallest absolute Gasteiger partial charge is 0.307 e. The summed E-state index contributed by atoms with van der Waals surface area (Å²) in [6.45, 7) is 2.50. The summed E-state index contributed by atoms with van der Waals surface area (Å²) in [4.78, 5) is 14.6. The van der Waals surface area contributed by atoms with Gasteiger partial charge in [-0.3, -0.25) is 4.79 Å². The number of aliphatic carboxylic acids is 1. The first-order valence-electron chi connectivity index (χ1n) is 7.23. The van der Waals surface area contributed by atoms with Gasteiger partial charge >= 0.3 is 5.97 Å². The number of ether oxygens (including phenoxy) is 1. The van der Waals surface area contributed by atoms with Gasteiger partial charge in [-0.1, -0.05) is 30.3 Å². The number of carbonyl (C=O) groups is 1. The fourth-order valence-electron chi connectivity index (χ4n) is 2.67. The van der Waals surface area contributed by atoms with E-state index in [-0.39, 0.29) is 6.42 Å². The monoisotopic (exact) mass is 295 g/mol. The number of hydrogen-bond acceptors (Lipinski definition) is 2. The number of carboxylic acids is 1. The first kappa shape index (κ1) is 14.2. The van der Waals surface area contributed by atoms with Gasteiger partial charge < -0.3 is 14.8 Å². The molecular weight excluding hydrogens is 278 g/mol. The molecule has 22 heavy (non-hydrogen) atoms. The molecule has 0 bridgehead atoms. The van der Waals surface area contributed by atoms with E-state index in [0.29, 0.717) is 6.61 Å². The highest BCUT2D eigenvalue weighted by Gasteiger charge is 2.16. The van der Waals surface area contributed by atoms with Gasteiger partial charge in [0, 0.05) is 10.9 Å². The second-order valence-electron chi connectivity index (χ2n) is 5.06. The Morgan fingerprint density at radius 3 is 2.64 bits per heavy atom. The number of carboxylic acid groups (broad SMARTS) is 1. The van der Waals surface area contributed by atoms with Gasteiger partial charge in [-0.25, -0.2) is 0 Å². The molecule has 0 unspecified atom stereocenters. The van der Waals surface area contributed by atoms with Crippen LogP contribution >= 0.6 is 0 Å². The van der Waals surface area contributed by atoms with E-state index in [9.17, 15) is 9.90 Å². The molecular formula is C18H17NO3. The van der Waals surface area contributed by atoms with Gasteiger partial charge in [0.15, 0.2) is 0 Å². The van der Waals surface area contributed by atoms with Crippen molar-refractivity contribution in [3.8, 4) is 17.0 Å². The van der Waals surface area contributed by atoms with Crippen molar-refractivity contribution in [3.63, 3.8) is 0 Å². The van der Waals surface area contributed by atoms with Crippen molar-refractivity contribution >= 4 is 16.9 Å². The molecule has 0 radical (unpaired) electrons. The Labute approximate surface area is 128 Å². The number of fused-ring (bicyclic) bond motifs is 1. The lowest BCUT2D eigenvalue weighted by Gasteiger charge is -2.04. The standard InChI is InChI=1S/C18H17NO3/c1-2-22-13-8-9-16-14(10-13)15(11-17(20)21)18(19-16)12-6-4-3-5-7-12/h3-10,19H,2,11H2,1H3,(H,20,21). The van der Waals surface area contributed by atoms with Crippen LogP contribution in [0.4, 0.5) is 0 Å². The zero-order valence-corrected chi connectivity index (χ0v) is 12.3. The van der Waals surface area contributed by atoms with E-state index >= 15 is 0 Å². The minimum absolute atomic E-state index is 0.0280. The largest absolute Gasteiger partial charge is 0.494 e. The maximum Gasteiger partial charge on any atom is 0.307 e. The zero-order chi connectivity index (χ0) is 15.5. The fourth-order valence-corrected chi connectivity index (χ4v) is 2.67. The number of rotatable bonds is 5. The molecule has 1 aromatic heterocycles. The quantitative estimate of drug-likeness (QED) is 0.751. The normalized spacial score (nSPS) is 10.8. The van der Waals surface area contributed by atoms with Crippen molar-refractivity contribution in [2.24, 2.45) is 0 Å². The number of H-pyrrole nitrogens is 1. The molecule has 4 nitrogen and oxygen atoms in total. The summed E-state index contributed by atoms with van der Waals surface area (Å²) < 4.78 is 5.53. The van der Waals surface area contributed by atoms with Gasteiger partial charge in [0.05, 0.1) is 18.7 Å². The molecule has 0 aliphatic rings. The van der Waals surface area contributed by atoms with E-state index in [1.54, 1.807) is 0 Å². The van der Waals surface area contributed by atoms with Crippen molar-refractivity contribution in [1.82, 2.24) is 4.98 Å². The second-order valence-corrected chi connectivity index (χ2v) is 5.06. The Balaban J connectivity index is 2.20. The van der Waals surface area contributed by atoms with Crippen LogP contribution in [0.3, 0.4) is 0 Å². The molecule has 2 N–H and O–H groups in total. The minimum Gasteiger partial charge on any atom is -0.494 e. The van der Waals surface area contributed by atoms with Gasteiger partial charge in [-0.15, -0.1) is 0 Å². The third-order valence-electron chi connectivity index (χ3n) is 3.58. The van der Waals surface area contributed by atoms with Crippen LogP contribution in [0.5, 0.6) is 5.75 Å². The Morgan fingerprint density at radius 2 is 1.95 bits per heavy atom. The summed E-state index contributed by atoms with van der Waals surface area (Å²) in [5.41, 5.74) is 3.54. The SMILES string of the molecule is CCOc1ccc2[nH]c(-c3ccccc3)c(CC(=O)O)c2c1. The van der Waals surface area contributed by atoms with Crippen molar-refractivity contribution in [2.75, 3.05) is 6.61 Å². The molecule has 0 spiro atoms. The first-order chi connectivity index (χ1) is 10.7. The topological polar surface area (TPSA) is 62.3 Å². The molecule has 3 aromatic rings. The van der Waals surface area contributed by atoms with Crippen LogP contribution in [0, 0.1) is 0 Å². The molecule has 0 atom stereocenters. The predicted octanol–water partition coefficient (Wildman–Crippen LogP) is 3.86. The van der Waals surface area contributed by atoms with Gasteiger partial charge in [-0.2, -0.15) is 0 Å². The maximum atomic E-state index is 11.3. The van der Waals surface area contributed by atoms with Crippen molar-refractivity contribution in [1.29, 1.82) is 0 Å². The van der Waals surface area contributed by atoms with Gasteiger partial charge in [-0.05, 0) is 36.2 Å².